The molecule has 3 rings (SSSR count). The fraction of sp³-hybridized carbons (Fsp3) is 0.200. The van der Waals surface area contributed by atoms with Crippen molar-refractivity contribution in [3.05, 3.63) is 71.8 Å². The standard InChI is InChI=1S/C20H19ClN2O3/c1-2-11-23(13-14-7-3-4-8-15(14)21)19(24)12-18-20(25)22-16-9-5-6-10-17(16)26-18/h2-10,18H,1,11-13H2,(H,22,25). The lowest BCUT2D eigenvalue weighted by molar-refractivity contribution is -0.137. The molecule has 0 fully saturated rings. The number of carbonyl (C=O) groups excluding carboxylic acids is 2. The number of rotatable bonds is 6. The number of hydrogen-bond donors (Lipinski definition) is 1. The van der Waals surface area contributed by atoms with Gasteiger partial charge in [0, 0.05) is 18.1 Å². The smallest absolute Gasteiger partial charge is 0.266 e. The van der Waals surface area contributed by atoms with Crippen LogP contribution in [-0.4, -0.2) is 29.4 Å². The van der Waals surface area contributed by atoms with E-state index in [1.54, 1.807) is 29.2 Å². The van der Waals surface area contributed by atoms with E-state index in [1.165, 1.54) is 0 Å². The van der Waals surface area contributed by atoms with Crippen LogP contribution in [0.5, 0.6) is 5.75 Å². The molecule has 1 heterocycles. The van der Waals surface area contributed by atoms with Crippen molar-refractivity contribution in [2.75, 3.05) is 11.9 Å². The summed E-state index contributed by atoms with van der Waals surface area (Å²) < 4.78 is 5.71. The molecule has 1 aliphatic heterocycles. The molecule has 1 aliphatic rings. The number of hydrogen-bond acceptors (Lipinski definition) is 3. The van der Waals surface area contributed by atoms with Crippen molar-refractivity contribution < 1.29 is 14.3 Å². The molecule has 1 N–H and O–H groups in total. The zero-order valence-electron chi connectivity index (χ0n) is 14.2. The van der Waals surface area contributed by atoms with Crippen LogP contribution in [0.1, 0.15) is 12.0 Å². The van der Waals surface area contributed by atoms with Crippen molar-refractivity contribution in [2.24, 2.45) is 0 Å². The van der Waals surface area contributed by atoms with Gasteiger partial charge >= 0.3 is 0 Å². The van der Waals surface area contributed by atoms with Gasteiger partial charge in [-0.1, -0.05) is 48.0 Å². The van der Waals surface area contributed by atoms with E-state index in [2.05, 4.69) is 11.9 Å². The van der Waals surface area contributed by atoms with Gasteiger partial charge in [-0.15, -0.1) is 6.58 Å². The average molecular weight is 371 g/mol. The maximum Gasteiger partial charge on any atom is 0.266 e. The van der Waals surface area contributed by atoms with Gasteiger partial charge in [-0.05, 0) is 23.8 Å². The van der Waals surface area contributed by atoms with Crippen LogP contribution in [0.3, 0.4) is 0 Å². The molecule has 0 bridgehead atoms. The third-order valence-electron chi connectivity index (χ3n) is 4.09. The summed E-state index contributed by atoms with van der Waals surface area (Å²) in [6, 6.07) is 14.5. The van der Waals surface area contributed by atoms with Crippen LogP contribution in [0.2, 0.25) is 5.02 Å². The predicted molar refractivity (Wildman–Crippen MR) is 101 cm³/mol. The van der Waals surface area contributed by atoms with Crippen molar-refractivity contribution in [3.63, 3.8) is 0 Å². The molecule has 26 heavy (non-hydrogen) atoms. The molecule has 0 saturated carbocycles. The number of carbonyl (C=O) groups is 2. The molecular weight excluding hydrogens is 352 g/mol. The van der Waals surface area contributed by atoms with Gasteiger partial charge in [0.2, 0.25) is 5.91 Å². The van der Waals surface area contributed by atoms with Gasteiger partial charge in [-0.3, -0.25) is 9.59 Å². The lowest BCUT2D eigenvalue weighted by Gasteiger charge is -2.28. The summed E-state index contributed by atoms with van der Waals surface area (Å²) in [7, 11) is 0. The lowest BCUT2D eigenvalue weighted by Crippen LogP contribution is -2.42. The maximum absolute atomic E-state index is 12.7. The Morgan fingerprint density at radius 1 is 1.23 bits per heavy atom. The van der Waals surface area contributed by atoms with Gasteiger partial charge in [-0.25, -0.2) is 0 Å². The highest BCUT2D eigenvalue weighted by molar-refractivity contribution is 6.31. The summed E-state index contributed by atoms with van der Waals surface area (Å²) in [5.74, 6) is 0.0315. The Hall–Kier alpha value is -2.79. The van der Waals surface area contributed by atoms with Crippen LogP contribution < -0.4 is 10.1 Å². The molecule has 2 amide bonds. The topological polar surface area (TPSA) is 58.6 Å². The highest BCUT2D eigenvalue weighted by Gasteiger charge is 2.31. The van der Waals surface area contributed by atoms with Gasteiger partial charge in [-0.2, -0.15) is 0 Å². The second-order valence-corrected chi connectivity index (χ2v) is 6.36. The zero-order valence-corrected chi connectivity index (χ0v) is 14.9. The molecule has 1 unspecified atom stereocenters. The number of nitrogens with one attached hydrogen (secondary N) is 1. The molecule has 1 atom stereocenters. The van der Waals surface area contributed by atoms with Crippen molar-refractivity contribution in [3.8, 4) is 5.75 Å². The number of fused-ring (bicyclic) bond motifs is 1. The van der Waals surface area contributed by atoms with Crippen LogP contribution in [0.4, 0.5) is 5.69 Å². The van der Waals surface area contributed by atoms with Gasteiger partial charge < -0.3 is 15.0 Å². The minimum atomic E-state index is -0.865. The van der Waals surface area contributed by atoms with Crippen molar-refractivity contribution >= 4 is 29.1 Å². The third kappa shape index (κ3) is 4.06. The monoisotopic (exact) mass is 370 g/mol. The molecule has 134 valence electrons. The summed E-state index contributed by atoms with van der Waals surface area (Å²) in [4.78, 5) is 26.6. The second-order valence-electron chi connectivity index (χ2n) is 5.95. The molecule has 2 aromatic rings. The van der Waals surface area contributed by atoms with Crippen LogP contribution >= 0.6 is 11.6 Å². The predicted octanol–water partition coefficient (Wildman–Crippen LogP) is 3.64. The molecule has 0 saturated heterocycles. The van der Waals surface area contributed by atoms with E-state index in [4.69, 9.17) is 16.3 Å². The summed E-state index contributed by atoms with van der Waals surface area (Å²) >= 11 is 6.19. The fourth-order valence-electron chi connectivity index (χ4n) is 2.76. The van der Waals surface area contributed by atoms with Gasteiger partial charge in [0.15, 0.2) is 6.10 Å². The number of ether oxygens (including phenoxy) is 1. The Morgan fingerprint density at radius 3 is 2.73 bits per heavy atom. The summed E-state index contributed by atoms with van der Waals surface area (Å²) in [5.41, 5.74) is 1.45. The summed E-state index contributed by atoms with van der Waals surface area (Å²) in [6.45, 7) is 4.40. The number of halogens is 1. The number of para-hydroxylation sites is 2. The van der Waals surface area contributed by atoms with Gasteiger partial charge in [0.25, 0.3) is 5.91 Å². The van der Waals surface area contributed by atoms with Crippen molar-refractivity contribution in [1.82, 2.24) is 4.90 Å². The summed E-state index contributed by atoms with van der Waals surface area (Å²) in [5, 5.41) is 3.36. The van der Waals surface area contributed by atoms with Crippen LogP contribution in [0, 0.1) is 0 Å². The minimum Gasteiger partial charge on any atom is -0.478 e. The second kappa shape index (κ2) is 8.06. The molecular formula is C20H19ClN2O3. The van der Waals surface area contributed by atoms with Gasteiger partial charge in [0.1, 0.15) is 5.75 Å². The number of benzene rings is 2. The van der Waals surface area contributed by atoms with Crippen LogP contribution in [0.15, 0.2) is 61.2 Å². The number of anilines is 1. The number of nitrogens with zero attached hydrogens (tertiary/aromatic N) is 1. The lowest BCUT2D eigenvalue weighted by atomic mass is 10.1. The Labute approximate surface area is 157 Å². The van der Waals surface area contributed by atoms with E-state index in [-0.39, 0.29) is 18.2 Å². The number of amides is 2. The van der Waals surface area contributed by atoms with Gasteiger partial charge in [0.05, 0.1) is 12.1 Å². The van der Waals surface area contributed by atoms with E-state index in [1.807, 2.05) is 30.3 Å². The Bertz CT molecular complexity index is 837. The normalized spacial score (nSPS) is 15.4. The van der Waals surface area contributed by atoms with E-state index in [9.17, 15) is 9.59 Å². The molecule has 0 aliphatic carbocycles. The zero-order chi connectivity index (χ0) is 18.5. The summed E-state index contributed by atoms with van der Waals surface area (Å²) in [6.07, 6.45) is 0.723. The molecule has 0 spiro atoms. The van der Waals surface area contributed by atoms with Crippen molar-refractivity contribution in [1.29, 1.82) is 0 Å². The highest BCUT2D eigenvalue weighted by atomic mass is 35.5. The Kier molecular flexibility index (Phi) is 5.58. The van der Waals surface area contributed by atoms with Crippen LogP contribution in [0.25, 0.3) is 0 Å². The molecule has 0 radical (unpaired) electrons. The SMILES string of the molecule is C=CCN(Cc1ccccc1Cl)C(=O)CC1Oc2ccccc2NC1=O. The van der Waals surface area contributed by atoms with Crippen LogP contribution in [-0.2, 0) is 16.1 Å². The molecule has 0 aromatic heterocycles. The Balaban J connectivity index is 1.71. The van der Waals surface area contributed by atoms with E-state index in [0.29, 0.717) is 29.5 Å². The van der Waals surface area contributed by atoms with Crippen molar-refractivity contribution in [2.45, 2.75) is 19.1 Å². The fourth-order valence-corrected chi connectivity index (χ4v) is 2.95. The first-order chi connectivity index (χ1) is 12.6. The first kappa shape index (κ1) is 18.0. The first-order valence-electron chi connectivity index (χ1n) is 8.27. The Morgan fingerprint density at radius 2 is 1.96 bits per heavy atom. The first-order valence-corrected chi connectivity index (χ1v) is 8.65. The molecule has 2 aromatic carbocycles. The highest BCUT2D eigenvalue weighted by Crippen LogP contribution is 2.30. The van der Waals surface area contributed by atoms with E-state index in [0.717, 1.165) is 5.56 Å². The van der Waals surface area contributed by atoms with E-state index >= 15 is 0 Å². The maximum atomic E-state index is 12.7. The van der Waals surface area contributed by atoms with E-state index < -0.39 is 6.10 Å². The minimum absolute atomic E-state index is 0.0571. The quantitative estimate of drug-likeness (QED) is 0.790. The average Bonchev–Trinajstić information content (AvgIpc) is 2.63. The third-order valence-corrected chi connectivity index (χ3v) is 4.46. The molecule has 5 nitrogen and oxygen atoms in total. The molecule has 6 heteroatoms. The largest absolute Gasteiger partial charge is 0.478 e.